The number of anilines is 2. The minimum Gasteiger partial charge on any atom is -0.452 e. The van der Waals surface area contributed by atoms with Gasteiger partial charge in [-0.25, -0.2) is 4.79 Å². The fourth-order valence-corrected chi connectivity index (χ4v) is 5.11. The lowest BCUT2D eigenvalue weighted by Gasteiger charge is -2.28. The van der Waals surface area contributed by atoms with Crippen LogP contribution in [0.3, 0.4) is 0 Å². The lowest BCUT2D eigenvalue weighted by atomic mass is 9.80. The van der Waals surface area contributed by atoms with Crippen molar-refractivity contribution < 1.29 is 23.9 Å². The Kier molecular flexibility index (Phi) is 6.96. The van der Waals surface area contributed by atoms with Gasteiger partial charge in [0, 0.05) is 5.69 Å². The van der Waals surface area contributed by atoms with Gasteiger partial charge >= 0.3 is 5.97 Å². The molecule has 0 radical (unpaired) electrons. The number of fused-ring (bicyclic) bond motifs is 1. The van der Waals surface area contributed by atoms with Crippen LogP contribution in [-0.2, 0) is 19.1 Å². The minimum absolute atomic E-state index is 0.123. The molecule has 9 heteroatoms. The summed E-state index contributed by atoms with van der Waals surface area (Å²) in [7, 11) is 0. The third-order valence-corrected chi connectivity index (χ3v) is 7.43. The lowest BCUT2D eigenvalue weighted by molar-refractivity contribution is -0.122. The van der Waals surface area contributed by atoms with Crippen LogP contribution < -0.4 is 10.2 Å². The molecule has 178 valence electrons. The van der Waals surface area contributed by atoms with E-state index in [1.165, 1.54) is 12.1 Å². The number of ether oxygens (including phenoxy) is 1. The first-order chi connectivity index (χ1) is 16.2. The second-order valence-electron chi connectivity index (χ2n) is 8.67. The van der Waals surface area contributed by atoms with Gasteiger partial charge in [0.05, 0.1) is 33.8 Å². The van der Waals surface area contributed by atoms with Crippen LogP contribution in [0, 0.1) is 25.7 Å². The fourth-order valence-electron chi connectivity index (χ4n) is 4.52. The monoisotopic (exact) mass is 502 g/mol. The van der Waals surface area contributed by atoms with Crippen molar-refractivity contribution in [1.82, 2.24) is 0 Å². The summed E-state index contributed by atoms with van der Waals surface area (Å²) in [5, 5.41) is 2.00. The Hall–Kier alpha value is -2.90. The number of carbonyl (C=O) groups is 4. The predicted molar refractivity (Wildman–Crippen MR) is 129 cm³/mol. The zero-order valence-electron chi connectivity index (χ0n) is 18.7. The molecule has 2 aliphatic rings. The number of aryl methyl sites for hydroxylation is 2. The molecular formula is C25H24Cl2N2O5. The molecule has 7 nitrogen and oxygen atoms in total. The van der Waals surface area contributed by atoms with E-state index in [0.29, 0.717) is 18.5 Å². The van der Waals surface area contributed by atoms with Crippen LogP contribution in [-0.4, -0.2) is 41.1 Å². The number of nitrogens with zero attached hydrogens (tertiary/aromatic N) is 1. The van der Waals surface area contributed by atoms with Gasteiger partial charge < -0.3 is 10.1 Å². The van der Waals surface area contributed by atoms with E-state index in [1.54, 1.807) is 12.1 Å². The van der Waals surface area contributed by atoms with Crippen LogP contribution in [0.4, 0.5) is 11.4 Å². The number of rotatable bonds is 5. The third-order valence-electron chi connectivity index (χ3n) is 6.33. The van der Waals surface area contributed by atoms with E-state index >= 15 is 0 Å². The summed E-state index contributed by atoms with van der Waals surface area (Å²) >= 11 is 12.5. The van der Waals surface area contributed by atoms with E-state index in [9.17, 15) is 19.2 Å². The molecule has 2 fully saturated rings. The second kappa shape index (κ2) is 9.76. The number of amides is 3. The Bertz CT molecular complexity index is 1120. The number of para-hydroxylation sites is 1. The van der Waals surface area contributed by atoms with Crippen LogP contribution in [0.25, 0.3) is 0 Å². The number of alkyl halides is 2. The molecule has 0 aromatic heterocycles. The summed E-state index contributed by atoms with van der Waals surface area (Å²) in [4.78, 5) is 51.9. The van der Waals surface area contributed by atoms with E-state index in [2.05, 4.69) is 5.32 Å². The van der Waals surface area contributed by atoms with Crippen LogP contribution in [0.1, 0.15) is 34.3 Å². The zero-order chi connectivity index (χ0) is 24.6. The molecule has 1 aliphatic carbocycles. The van der Waals surface area contributed by atoms with Gasteiger partial charge in [0.15, 0.2) is 6.61 Å². The second-order valence-corrected chi connectivity index (χ2v) is 9.79. The Labute approximate surface area is 207 Å². The molecule has 1 aliphatic heterocycles. The lowest BCUT2D eigenvalue weighted by Crippen LogP contribution is -2.34. The number of benzene rings is 2. The van der Waals surface area contributed by atoms with Gasteiger partial charge in [-0.15, -0.1) is 23.2 Å². The summed E-state index contributed by atoms with van der Waals surface area (Å²) < 4.78 is 5.16. The average molecular weight is 503 g/mol. The number of carbonyl (C=O) groups excluding carboxylic acids is 4. The molecule has 4 rings (SSSR count). The van der Waals surface area contributed by atoms with E-state index in [-0.39, 0.29) is 33.8 Å². The maximum absolute atomic E-state index is 13.0. The number of esters is 1. The standard InChI is InChI=1S/C25H24Cl2N2O5/c1-13-5-3-6-14(2)22(13)28-21(30)12-34-25(33)15-7-4-8-16(9-15)29-23(31)17-10-19(26)20(27)11-18(17)24(29)32/h3-9,17-20H,10-12H2,1-2H3,(H,28,30)/t17-,18-,19-,20+/m1/s1. The zero-order valence-corrected chi connectivity index (χ0v) is 20.2. The first kappa shape index (κ1) is 24.2. The molecule has 34 heavy (non-hydrogen) atoms. The summed E-state index contributed by atoms with van der Waals surface area (Å²) in [5.74, 6) is -2.94. The van der Waals surface area contributed by atoms with Crippen LogP contribution in [0.2, 0.25) is 0 Å². The normalized spacial score (nSPS) is 24.1. The van der Waals surface area contributed by atoms with Gasteiger partial charge in [-0.1, -0.05) is 24.3 Å². The summed E-state index contributed by atoms with van der Waals surface area (Å²) in [5.41, 5.74) is 2.87. The molecule has 2 aromatic rings. The summed E-state index contributed by atoms with van der Waals surface area (Å²) in [6, 6.07) is 11.7. The molecule has 1 saturated carbocycles. The van der Waals surface area contributed by atoms with Crippen molar-refractivity contribution in [3.05, 3.63) is 59.2 Å². The van der Waals surface area contributed by atoms with Crippen molar-refractivity contribution in [3.8, 4) is 0 Å². The van der Waals surface area contributed by atoms with E-state index in [4.69, 9.17) is 27.9 Å². The van der Waals surface area contributed by atoms with Crippen molar-refractivity contribution in [1.29, 1.82) is 0 Å². The minimum atomic E-state index is -0.739. The number of halogens is 2. The molecule has 0 bridgehead atoms. The summed E-state index contributed by atoms with van der Waals surface area (Å²) in [6.45, 7) is 3.27. The molecule has 1 N–H and O–H groups in total. The number of imide groups is 1. The quantitative estimate of drug-likeness (QED) is 0.375. The molecule has 4 atom stereocenters. The first-order valence-corrected chi connectivity index (χ1v) is 11.8. The van der Waals surface area contributed by atoms with E-state index in [0.717, 1.165) is 16.0 Å². The highest BCUT2D eigenvalue weighted by atomic mass is 35.5. The Morgan fingerprint density at radius 2 is 1.53 bits per heavy atom. The van der Waals surface area contributed by atoms with Crippen molar-refractivity contribution in [2.45, 2.75) is 37.4 Å². The van der Waals surface area contributed by atoms with E-state index < -0.39 is 30.3 Å². The molecule has 0 unspecified atom stereocenters. The van der Waals surface area contributed by atoms with Crippen LogP contribution in [0.15, 0.2) is 42.5 Å². The molecule has 1 heterocycles. The molecule has 1 saturated heterocycles. The highest BCUT2D eigenvalue weighted by Crippen LogP contribution is 2.43. The number of nitrogens with one attached hydrogen (secondary N) is 1. The van der Waals surface area contributed by atoms with Gasteiger partial charge in [-0.05, 0) is 56.0 Å². The van der Waals surface area contributed by atoms with Crippen molar-refractivity contribution in [2.24, 2.45) is 11.8 Å². The fraction of sp³-hybridized carbons (Fsp3) is 0.360. The molecule has 0 spiro atoms. The first-order valence-electron chi connectivity index (χ1n) is 11.0. The molecule has 3 amide bonds. The predicted octanol–water partition coefficient (Wildman–Crippen LogP) is 4.21. The van der Waals surface area contributed by atoms with Gasteiger partial charge in [0.2, 0.25) is 11.8 Å². The van der Waals surface area contributed by atoms with Crippen LogP contribution >= 0.6 is 23.2 Å². The molecular weight excluding hydrogens is 479 g/mol. The maximum Gasteiger partial charge on any atom is 0.338 e. The van der Waals surface area contributed by atoms with Gasteiger partial charge in [-0.2, -0.15) is 0 Å². The van der Waals surface area contributed by atoms with Crippen molar-refractivity contribution >= 4 is 58.3 Å². The average Bonchev–Trinajstić information content (AvgIpc) is 3.04. The van der Waals surface area contributed by atoms with E-state index in [1.807, 2.05) is 32.0 Å². The van der Waals surface area contributed by atoms with Crippen LogP contribution in [0.5, 0.6) is 0 Å². The Balaban J connectivity index is 1.43. The molecule has 2 aromatic carbocycles. The maximum atomic E-state index is 13.0. The number of hydrogen-bond acceptors (Lipinski definition) is 5. The SMILES string of the molecule is Cc1cccc(C)c1NC(=O)COC(=O)c1cccc(N2C(=O)[C@@H]3C[C@@H](Cl)[C@@H](Cl)C[C@H]3C2=O)c1. The highest BCUT2D eigenvalue weighted by molar-refractivity contribution is 6.31. The van der Waals surface area contributed by atoms with Gasteiger partial charge in [-0.3, -0.25) is 19.3 Å². The van der Waals surface area contributed by atoms with Crippen molar-refractivity contribution in [2.75, 3.05) is 16.8 Å². The van der Waals surface area contributed by atoms with Crippen molar-refractivity contribution in [3.63, 3.8) is 0 Å². The van der Waals surface area contributed by atoms with Gasteiger partial charge in [0.25, 0.3) is 5.91 Å². The van der Waals surface area contributed by atoms with Gasteiger partial charge in [0.1, 0.15) is 0 Å². The summed E-state index contributed by atoms with van der Waals surface area (Å²) in [6.07, 6.45) is 0.664. The highest BCUT2D eigenvalue weighted by Gasteiger charge is 2.52. The Morgan fingerprint density at radius 3 is 2.12 bits per heavy atom. The topological polar surface area (TPSA) is 92.8 Å². The smallest absolute Gasteiger partial charge is 0.338 e. The largest absolute Gasteiger partial charge is 0.452 e. The Morgan fingerprint density at radius 1 is 0.971 bits per heavy atom. The number of hydrogen-bond donors (Lipinski definition) is 1. The third kappa shape index (κ3) is 4.68.